The van der Waals surface area contributed by atoms with E-state index in [1.165, 1.54) is 4.90 Å². The average molecular weight is 437 g/mol. The molecular weight excluding hydrogens is 404 g/mol. The number of nitrogens with zero attached hydrogens (tertiary/aromatic N) is 2. The van der Waals surface area contributed by atoms with Crippen LogP contribution in [0.3, 0.4) is 0 Å². The van der Waals surface area contributed by atoms with E-state index in [1.54, 1.807) is 17.0 Å². The van der Waals surface area contributed by atoms with Crippen molar-refractivity contribution in [3.63, 3.8) is 0 Å². The van der Waals surface area contributed by atoms with Gasteiger partial charge in [0.1, 0.15) is 0 Å². The summed E-state index contributed by atoms with van der Waals surface area (Å²) in [6.07, 6.45) is 3.62. The fourth-order valence-corrected chi connectivity index (χ4v) is 5.35. The number of halogens is 1. The summed E-state index contributed by atoms with van der Waals surface area (Å²) < 4.78 is 0. The minimum Gasteiger partial charge on any atom is -0.465 e. The van der Waals surface area contributed by atoms with Gasteiger partial charge in [0.05, 0.1) is 17.6 Å². The fourth-order valence-electron chi connectivity index (χ4n) is 5.15. The summed E-state index contributed by atoms with van der Waals surface area (Å²) in [6, 6.07) is 6.93. The lowest BCUT2D eigenvalue weighted by molar-refractivity contribution is -0.140. The van der Waals surface area contributed by atoms with E-state index >= 15 is 0 Å². The molecule has 0 radical (unpaired) electrons. The van der Waals surface area contributed by atoms with E-state index < -0.39 is 23.2 Å². The van der Waals surface area contributed by atoms with Crippen LogP contribution in [0.1, 0.15) is 70.8 Å². The minimum atomic E-state index is -1.10. The van der Waals surface area contributed by atoms with Gasteiger partial charge in [-0.05, 0) is 57.7 Å². The first-order valence-corrected chi connectivity index (χ1v) is 11.2. The molecule has 1 saturated carbocycles. The number of likely N-dealkylation sites (tertiary alicyclic amines) is 1. The maximum absolute atomic E-state index is 13.7. The van der Waals surface area contributed by atoms with Crippen LogP contribution in [0.15, 0.2) is 24.3 Å². The summed E-state index contributed by atoms with van der Waals surface area (Å²) in [6.45, 7) is 6.42. The lowest BCUT2D eigenvalue weighted by Gasteiger charge is -2.41. The Kier molecular flexibility index (Phi) is 6.68. The number of hydrogen-bond donors (Lipinski definition) is 2. The van der Waals surface area contributed by atoms with Crippen molar-refractivity contribution in [3.05, 3.63) is 34.9 Å². The quantitative estimate of drug-likeness (QED) is 0.728. The van der Waals surface area contributed by atoms with Gasteiger partial charge in [-0.2, -0.15) is 0 Å². The number of carboxylic acid groups (broad SMARTS) is 1. The first-order chi connectivity index (χ1) is 14.0. The monoisotopic (exact) mass is 436 g/mol. The molecule has 2 fully saturated rings. The Morgan fingerprint density at radius 1 is 1.23 bits per heavy atom. The van der Waals surface area contributed by atoms with Crippen LogP contribution in [-0.4, -0.2) is 62.3 Å². The maximum Gasteiger partial charge on any atom is 0.408 e. The molecule has 0 spiro atoms. The van der Waals surface area contributed by atoms with Gasteiger partial charge in [0.2, 0.25) is 5.91 Å². The van der Waals surface area contributed by atoms with Gasteiger partial charge in [0, 0.05) is 23.7 Å². The van der Waals surface area contributed by atoms with E-state index in [2.05, 4.69) is 0 Å². The number of benzene rings is 1. The zero-order valence-corrected chi connectivity index (χ0v) is 18.9. The van der Waals surface area contributed by atoms with Gasteiger partial charge in [-0.3, -0.25) is 9.69 Å². The Morgan fingerprint density at radius 3 is 2.47 bits per heavy atom. The van der Waals surface area contributed by atoms with Crippen LogP contribution in [0.5, 0.6) is 0 Å². The van der Waals surface area contributed by atoms with Gasteiger partial charge in [-0.1, -0.05) is 43.0 Å². The number of carbonyl (C=O) groups is 2. The molecule has 166 valence electrons. The van der Waals surface area contributed by atoms with Crippen molar-refractivity contribution in [1.29, 1.82) is 0 Å². The summed E-state index contributed by atoms with van der Waals surface area (Å²) in [5.74, 6) is -0.827. The summed E-state index contributed by atoms with van der Waals surface area (Å²) in [4.78, 5) is 28.8. The Labute approximate surface area is 183 Å². The predicted octanol–water partition coefficient (Wildman–Crippen LogP) is 4.50. The van der Waals surface area contributed by atoms with Crippen LogP contribution in [0.25, 0.3) is 0 Å². The zero-order valence-electron chi connectivity index (χ0n) is 18.1. The Morgan fingerprint density at radius 2 is 1.90 bits per heavy atom. The van der Waals surface area contributed by atoms with Crippen molar-refractivity contribution >= 4 is 23.6 Å². The summed E-state index contributed by atoms with van der Waals surface area (Å²) in [5.41, 5.74) is -0.927. The smallest absolute Gasteiger partial charge is 0.408 e. The van der Waals surface area contributed by atoms with Gasteiger partial charge in [0.15, 0.2) is 0 Å². The van der Waals surface area contributed by atoms with Crippen molar-refractivity contribution < 1.29 is 19.8 Å². The van der Waals surface area contributed by atoms with Crippen LogP contribution < -0.4 is 0 Å². The predicted molar refractivity (Wildman–Crippen MR) is 117 cm³/mol. The highest BCUT2D eigenvalue weighted by molar-refractivity contribution is 6.30. The van der Waals surface area contributed by atoms with Crippen LogP contribution in [-0.2, 0) is 4.79 Å². The van der Waals surface area contributed by atoms with Crippen molar-refractivity contribution in [2.24, 2.45) is 0 Å². The van der Waals surface area contributed by atoms with Crippen LogP contribution in [0.4, 0.5) is 4.79 Å². The topological polar surface area (TPSA) is 81.1 Å². The molecule has 2 aliphatic rings. The van der Waals surface area contributed by atoms with E-state index in [0.29, 0.717) is 37.4 Å². The van der Waals surface area contributed by atoms with Crippen molar-refractivity contribution in [1.82, 2.24) is 9.80 Å². The third-order valence-corrected chi connectivity index (χ3v) is 6.69. The number of amides is 2. The zero-order chi connectivity index (χ0) is 22.1. The lowest BCUT2D eigenvalue weighted by atomic mass is 9.72. The van der Waals surface area contributed by atoms with E-state index in [9.17, 15) is 19.8 Å². The van der Waals surface area contributed by atoms with Gasteiger partial charge < -0.3 is 15.1 Å². The molecule has 0 aromatic heterocycles. The highest BCUT2D eigenvalue weighted by Gasteiger charge is 2.47. The first-order valence-electron chi connectivity index (χ1n) is 10.8. The molecule has 2 amide bonds. The molecule has 1 aliphatic heterocycles. The standard InChI is InChI=1S/C23H33ClN2O4/c1-22(2,3)26(21(28)29)18-10-13-25(15-18)20(27)19(16-8-7-9-17(24)14-16)23(30)11-5-4-6-12-23/h7-9,14,18-19,30H,4-6,10-13,15H2,1-3H3,(H,28,29)/t18-,19+/m0/s1. The van der Waals surface area contributed by atoms with Gasteiger partial charge in [-0.25, -0.2) is 4.79 Å². The van der Waals surface area contributed by atoms with Crippen LogP contribution in [0, 0.1) is 0 Å². The number of rotatable bonds is 4. The second kappa shape index (κ2) is 8.75. The Balaban J connectivity index is 1.88. The molecule has 2 N–H and O–H groups in total. The minimum absolute atomic E-state index is 0.136. The van der Waals surface area contributed by atoms with Crippen LogP contribution in [0.2, 0.25) is 5.02 Å². The molecular formula is C23H33ClN2O4. The van der Waals surface area contributed by atoms with Gasteiger partial charge in [-0.15, -0.1) is 0 Å². The SMILES string of the molecule is CC(C)(C)N(C(=O)O)[C@H]1CCN(C(=O)[C@@H](c2cccc(Cl)c2)C2(O)CCCCC2)C1. The number of aliphatic hydroxyl groups is 1. The van der Waals surface area contributed by atoms with Gasteiger partial charge >= 0.3 is 6.09 Å². The third kappa shape index (κ3) is 4.75. The Hall–Kier alpha value is -1.79. The molecule has 3 rings (SSSR count). The second-order valence-corrected chi connectivity index (χ2v) is 10.1. The summed E-state index contributed by atoms with van der Waals surface area (Å²) in [5, 5.41) is 21.8. The van der Waals surface area contributed by atoms with E-state index in [-0.39, 0.29) is 11.9 Å². The highest BCUT2D eigenvalue weighted by Crippen LogP contribution is 2.42. The van der Waals surface area contributed by atoms with Crippen molar-refractivity contribution in [2.45, 2.75) is 82.4 Å². The Bertz CT molecular complexity index is 786. The van der Waals surface area contributed by atoms with Crippen molar-refractivity contribution in [3.8, 4) is 0 Å². The molecule has 1 aliphatic carbocycles. The molecule has 0 unspecified atom stereocenters. The average Bonchev–Trinajstić information content (AvgIpc) is 3.10. The summed E-state index contributed by atoms with van der Waals surface area (Å²) in [7, 11) is 0. The van der Waals surface area contributed by atoms with Gasteiger partial charge in [0.25, 0.3) is 0 Å². The maximum atomic E-state index is 13.7. The number of carbonyl (C=O) groups excluding carboxylic acids is 1. The largest absolute Gasteiger partial charge is 0.465 e. The summed E-state index contributed by atoms with van der Waals surface area (Å²) >= 11 is 6.21. The molecule has 0 bridgehead atoms. The lowest BCUT2D eigenvalue weighted by Crippen LogP contribution is -2.53. The molecule has 30 heavy (non-hydrogen) atoms. The fraction of sp³-hybridized carbons (Fsp3) is 0.652. The van der Waals surface area contributed by atoms with E-state index in [4.69, 9.17) is 11.6 Å². The molecule has 6 nitrogen and oxygen atoms in total. The molecule has 1 aromatic rings. The third-order valence-electron chi connectivity index (χ3n) is 6.45. The molecule has 1 aromatic carbocycles. The van der Waals surface area contributed by atoms with Crippen molar-refractivity contribution in [2.75, 3.05) is 13.1 Å². The first kappa shape index (κ1) is 22.9. The molecule has 1 saturated heterocycles. The van der Waals surface area contributed by atoms with E-state index in [1.807, 2.05) is 32.9 Å². The second-order valence-electron chi connectivity index (χ2n) is 9.70. The highest BCUT2D eigenvalue weighted by atomic mass is 35.5. The molecule has 2 atom stereocenters. The number of hydrogen-bond acceptors (Lipinski definition) is 3. The van der Waals surface area contributed by atoms with Crippen LogP contribution >= 0.6 is 11.6 Å². The molecule has 7 heteroatoms. The normalized spacial score (nSPS) is 22.6. The van der Waals surface area contributed by atoms with E-state index in [0.717, 1.165) is 24.8 Å². The molecule has 1 heterocycles.